The number of carbonyl (C=O) groups is 2. The zero-order valence-corrected chi connectivity index (χ0v) is 22.8. The van der Waals surface area contributed by atoms with Gasteiger partial charge >= 0.3 is 5.69 Å². The normalized spacial score (nSPS) is 17.0. The lowest BCUT2D eigenvalue weighted by Gasteiger charge is -2.16. The Morgan fingerprint density at radius 1 is 0.829 bits per heavy atom. The van der Waals surface area contributed by atoms with Crippen molar-refractivity contribution in [1.29, 1.82) is 0 Å². The van der Waals surface area contributed by atoms with Gasteiger partial charge in [-0.05, 0) is 73.9 Å². The maximum atomic E-state index is 14.3. The summed E-state index contributed by atoms with van der Waals surface area (Å²) in [6, 6.07) is 11.6. The first kappa shape index (κ1) is 25.4. The van der Waals surface area contributed by atoms with Crippen LogP contribution in [0, 0.1) is 11.8 Å². The minimum Gasteiger partial charge on any atom is -0.497 e. The molecule has 0 saturated heterocycles. The van der Waals surface area contributed by atoms with E-state index in [-0.39, 0.29) is 52.1 Å². The molecule has 0 atom stereocenters. The molecule has 3 aliphatic rings. The highest BCUT2D eigenvalue weighted by atomic mass is 32.2. The molecule has 210 valence electrons. The summed E-state index contributed by atoms with van der Waals surface area (Å²) in [7, 11) is -3.18. The predicted molar refractivity (Wildman–Crippen MR) is 147 cm³/mol. The molecule has 0 unspecified atom stereocenters. The standard InChI is InChI=1S/C28H25N5O7S/c1-40-18-10-12-19(13-11-18)41(38,39)33-22-23(29-27(33)32-24(34)20-4-2-3-5-21(20)25(32)35)30(14-16-6-7-16)28(37)31(26(22)36)15-17-8-9-17/h2-5,10-13,16-17H,6-9,14-15H2,1H3. The second-order valence-corrected chi connectivity index (χ2v) is 12.5. The summed E-state index contributed by atoms with van der Waals surface area (Å²) in [6.45, 7) is 0.385. The van der Waals surface area contributed by atoms with Crippen LogP contribution in [0.1, 0.15) is 46.4 Å². The van der Waals surface area contributed by atoms with E-state index in [0.717, 1.165) is 30.3 Å². The number of fused-ring (bicyclic) bond motifs is 2. The van der Waals surface area contributed by atoms with E-state index in [9.17, 15) is 27.6 Å². The molecule has 41 heavy (non-hydrogen) atoms. The van der Waals surface area contributed by atoms with Crippen LogP contribution in [0.5, 0.6) is 5.75 Å². The molecule has 0 spiro atoms. The largest absolute Gasteiger partial charge is 0.497 e. The van der Waals surface area contributed by atoms with Crippen molar-refractivity contribution < 1.29 is 22.7 Å². The van der Waals surface area contributed by atoms with Crippen LogP contribution in [0.2, 0.25) is 0 Å². The third kappa shape index (κ3) is 3.94. The van der Waals surface area contributed by atoms with E-state index >= 15 is 0 Å². The molecule has 12 nitrogen and oxygen atoms in total. The topological polar surface area (TPSA) is 143 Å². The lowest BCUT2D eigenvalue weighted by atomic mass is 10.1. The fraction of sp³-hybridized carbons (Fsp3) is 0.321. The third-order valence-electron chi connectivity index (χ3n) is 7.83. The summed E-state index contributed by atoms with van der Waals surface area (Å²) < 4.78 is 36.8. The van der Waals surface area contributed by atoms with Crippen LogP contribution in [0.4, 0.5) is 5.95 Å². The third-order valence-corrected chi connectivity index (χ3v) is 9.53. The Morgan fingerprint density at radius 2 is 1.39 bits per heavy atom. The number of ether oxygens (including phenoxy) is 1. The van der Waals surface area contributed by atoms with Crippen LogP contribution in [-0.2, 0) is 23.1 Å². The van der Waals surface area contributed by atoms with E-state index in [1.165, 1.54) is 48.1 Å². The van der Waals surface area contributed by atoms with Gasteiger partial charge in [-0.2, -0.15) is 8.96 Å². The Hall–Kier alpha value is -4.52. The molecule has 4 aromatic rings. The number of carbonyl (C=O) groups excluding carboxylic acids is 2. The second-order valence-electron chi connectivity index (χ2n) is 10.7. The first-order chi connectivity index (χ1) is 19.7. The number of benzene rings is 2. The minimum atomic E-state index is -4.62. The minimum absolute atomic E-state index is 0.0828. The summed E-state index contributed by atoms with van der Waals surface area (Å²) in [6.07, 6.45) is 3.48. The maximum Gasteiger partial charge on any atom is 0.332 e. The zero-order chi connectivity index (χ0) is 28.6. The van der Waals surface area contributed by atoms with E-state index in [1.54, 1.807) is 12.1 Å². The number of rotatable bonds is 8. The van der Waals surface area contributed by atoms with Crippen molar-refractivity contribution in [2.45, 2.75) is 43.7 Å². The van der Waals surface area contributed by atoms with Crippen LogP contribution in [-0.4, -0.2) is 45.4 Å². The van der Waals surface area contributed by atoms with Gasteiger partial charge in [-0.3, -0.25) is 23.5 Å². The number of nitrogens with zero attached hydrogens (tertiary/aromatic N) is 5. The number of imidazole rings is 1. The summed E-state index contributed by atoms with van der Waals surface area (Å²) in [5.74, 6) is -1.40. The lowest BCUT2D eigenvalue weighted by Crippen LogP contribution is -2.41. The molecule has 1 aliphatic heterocycles. The molecular weight excluding hydrogens is 550 g/mol. The van der Waals surface area contributed by atoms with Crippen molar-refractivity contribution in [3.05, 3.63) is 80.5 Å². The lowest BCUT2D eigenvalue weighted by molar-refractivity contribution is 0.0924. The van der Waals surface area contributed by atoms with Crippen LogP contribution < -0.4 is 20.9 Å². The SMILES string of the molecule is COc1ccc(S(=O)(=O)n2c(N3C(=O)c4ccccc4C3=O)nc3c2c(=O)n(CC2CC2)c(=O)n3CC2CC2)cc1. The molecule has 2 saturated carbocycles. The fourth-order valence-electron chi connectivity index (χ4n) is 5.24. The molecule has 0 bridgehead atoms. The number of amides is 2. The van der Waals surface area contributed by atoms with E-state index in [0.29, 0.717) is 14.6 Å². The zero-order valence-electron chi connectivity index (χ0n) is 22.0. The highest BCUT2D eigenvalue weighted by Crippen LogP contribution is 2.35. The summed E-state index contributed by atoms with van der Waals surface area (Å²) in [5, 5.41) is 0. The molecule has 7 rings (SSSR count). The van der Waals surface area contributed by atoms with Gasteiger partial charge in [-0.25, -0.2) is 18.1 Å². The van der Waals surface area contributed by atoms with E-state index in [2.05, 4.69) is 4.98 Å². The molecule has 2 aromatic heterocycles. The van der Waals surface area contributed by atoms with Gasteiger partial charge in [0, 0.05) is 13.1 Å². The van der Waals surface area contributed by atoms with Gasteiger partial charge in [-0.1, -0.05) is 12.1 Å². The molecular formula is C28H25N5O7S. The van der Waals surface area contributed by atoms with Gasteiger partial charge in [0.1, 0.15) is 5.75 Å². The van der Waals surface area contributed by atoms with Crippen molar-refractivity contribution in [2.75, 3.05) is 12.0 Å². The van der Waals surface area contributed by atoms with Gasteiger partial charge in [-0.15, -0.1) is 0 Å². The molecule has 2 amide bonds. The number of imide groups is 1. The van der Waals surface area contributed by atoms with Crippen molar-refractivity contribution >= 4 is 38.9 Å². The summed E-state index contributed by atoms with van der Waals surface area (Å²) >= 11 is 0. The molecule has 2 aromatic carbocycles. The number of hydrogen-bond acceptors (Lipinski definition) is 8. The monoisotopic (exact) mass is 575 g/mol. The highest BCUT2D eigenvalue weighted by molar-refractivity contribution is 7.90. The van der Waals surface area contributed by atoms with Crippen LogP contribution >= 0.6 is 0 Å². The van der Waals surface area contributed by atoms with Crippen LogP contribution in [0.15, 0.2) is 63.0 Å². The Balaban J connectivity index is 1.56. The average molecular weight is 576 g/mol. The molecule has 2 fully saturated rings. The summed E-state index contributed by atoms with van der Waals surface area (Å²) in [5.41, 5.74) is -1.81. The first-order valence-electron chi connectivity index (χ1n) is 13.3. The maximum absolute atomic E-state index is 14.3. The number of hydrogen-bond donors (Lipinski definition) is 0. The molecule has 13 heteroatoms. The first-order valence-corrected chi connectivity index (χ1v) is 14.8. The van der Waals surface area contributed by atoms with Crippen molar-refractivity contribution in [2.24, 2.45) is 11.8 Å². The smallest absolute Gasteiger partial charge is 0.332 e. The van der Waals surface area contributed by atoms with E-state index < -0.39 is 39.0 Å². The number of aromatic nitrogens is 4. The number of anilines is 1. The highest BCUT2D eigenvalue weighted by Gasteiger charge is 2.43. The Labute approximate surface area is 233 Å². The summed E-state index contributed by atoms with van der Waals surface area (Å²) in [4.78, 5) is 59.5. The van der Waals surface area contributed by atoms with Crippen molar-refractivity contribution in [3.8, 4) is 5.75 Å². The van der Waals surface area contributed by atoms with Gasteiger partial charge in [0.05, 0.1) is 23.1 Å². The van der Waals surface area contributed by atoms with Gasteiger partial charge in [0.15, 0.2) is 11.2 Å². The quantitative estimate of drug-likeness (QED) is 0.291. The molecule has 3 heterocycles. The van der Waals surface area contributed by atoms with Crippen LogP contribution in [0.3, 0.4) is 0 Å². The van der Waals surface area contributed by atoms with Gasteiger partial charge < -0.3 is 4.74 Å². The Bertz CT molecular complexity index is 1960. The van der Waals surface area contributed by atoms with Crippen LogP contribution in [0.25, 0.3) is 11.2 Å². The van der Waals surface area contributed by atoms with E-state index in [4.69, 9.17) is 4.74 Å². The fourth-order valence-corrected chi connectivity index (χ4v) is 6.67. The Morgan fingerprint density at radius 3 is 1.93 bits per heavy atom. The Kier molecular flexibility index (Phi) is 5.58. The number of methoxy groups -OCH3 is 1. The van der Waals surface area contributed by atoms with Crippen molar-refractivity contribution in [1.82, 2.24) is 18.1 Å². The predicted octanol–water partition coefficient (Wildman–Crippen LogP) is 2.23. The molecule has 2 aliphatic carbocycles. The van der Waals surface area contributed by atoms with E-state index in [1.807, 2.05) is 0 Å². The van der Waals surface area contributed by atoms with Crippen molar-refractivity contribution in [3.63, 3.8) is 0 Å². The average Bonchev–Trinajstić information content (AvgIpc) is 3.91. The molecule has 0 radical (unpaired) electrons. The second kappa shape index (κ2) is 8.99. The van der Waals surface area contributed by atoms with Gasteiger partial charge in [0.2, 0.25) is 5.95 Å². The van der Waals surface area contributed by atoms with Gasteiger partial charge in [0.25, 0.3) is 27.4 Å². The molecule has 0 N–H and O–H groups in total.